The van der Waals surface area contributed by atoms with E-state index in [2.05, 4.69) is 29.1 Å². The molecule has 0 aliphatic heterocycles. The molecule has 0 spiro atoms. The molecule has 0 aliphatic carbocycles. The van der Waals surface area contributed by atoms with Crippen molar-refractivity contribution < 1.29 is 0 Å². The van der Waals surface area contributed by atoms with E-state index in [1.54, 1.807) is 6.33 Å². The van der Waals surface area contributed by atoms with Crippen LogP contribution in [0.1, 0.15) is 76.8 Å². The molecule has 1 atom stereocenters. The normalized spacial score (nSPS) is 12.5. The SMILES string of the molecule is CCCCCCCCCC(NCC)c1cncnc1. The van der Waals surface area contributed by atoms with E-state index in [-0.39, 0.29) is 0 Å². The Hall–Kier alpha value is -0.960. The summed E-state index contributed by atoms with van der Waals surface area (Å²) in [5.41, 5.74) is 1.22. The van der Waals surface area contributed by atoms with Crippen molar-refractivity contribution in [2.45, 2.75) is 71.3 Å². The van der Waals surface area contributed by atoms with E-state index in [9.17, 15) is 0 Å². The molecule has 1 aromatic heterocycles. The fraction of sp³-hybridized carbons (Fsp3) is 0.750. The number of nitrogens with one attached hydrogen (secondary N) is 1. The highest BCUT2D eigenvalue weighted by Gasteiger charge is 2.09. The van der Waals surface area contributed by atoms with E-state index < -0.39 is 0 Å². The maximum absolute atomic E-state index is 4.11. The second kappa shape index (κ2) is 10.9. The van der Waals surface area contributed by atoms with E-state index in [0.717, 1.165) is 6.54 Å². The summed E-state index contributed by atoms with van der Waals surface area (Å²) >= 11 is 0. The van der Waals surface area contributed by atoms with Crippen molar-refractivity contribution in [3.63, 3.8) is 0 Å². The molecule has 0 bridgehead atoms. The van der Waals surface area contributed by atoms with E-state index in [0.29, 0.717) is 6.04 Å². The Bertz CT molecular complexity index is 300. The highest BCUT2D eigenvalue weighted by Crippen LogP contribution is 2.19. The van der Waals surface area contributed by atoms with Gasteiger partial charge >= 0.3 is 0 Å². The van der Waals surface area contributed by atoms with Crippen molar-refractivity contribution in [2.24, 2.45) is 0 Å². The Morgan fingerprint density at radius 2 is 1.58 bits per heavy atom. The zero-order valence-corrected chi connectivity index (χ0v) is 12.6. The molecule has 1 unspecified atom stereocenters. The number of rotatable bonds is 11. The van der Waals surface area contributed by atoms with Gasteiger partial charge in [0, 0.05) is 24.0 Å². The third-order valence-corrected chi connectivity index (χ3v) is 3.53. The second-order valence-electron chi connectivity index (χ2n) is 5.19. The lowest BCUT2D eigenvalue weighted by atomic mass is 10.0. The number of hydrogen-bond donors (Lipinski definition) is 1. The van der Waals surface area contributed by atoms with Crippen LogP contribution in [0.25, 0.3) is 0 Å². The Morgan fingerprint density at radius 1 is 0.947 bits per heavy atom. The maximum Gasteiger partial charge on any atom is 0.115 e. The van der Waals surface area contributed by atoms with Crippen molar-refractivity contribution in [1.82, 2.24) is 15.3 Å². The largest absolute Gasteiger partial charge is 0.310 e. The van der Waals surface area contributed by atoms with E-state index in [1.165, 1.54) is 56.9 Å². The molecule has 3 nitrogen and oxygen atoms in total. The van der Waals surface area contributed by atoms with Crippen LogP contribution in [0, 0.1) is 0 Å². The molecule has 0 aliphatic rings. The van der Waals surface area contributed by atoms with Gasteiger partial charge in [0.1, 0.15) is 6.33 Å². The van der Waals surface area contributed by atoms with Crippen LogP contribution < -0.4 is 5.32 Å². The van der Waals surface area contributed by atoms with Crippen LogP contribution in [0.4, 0.5) is 0 Å². The minimum absolute atomic E-state index is 0.418. The average Bonchev–Trinajstić information content (AvgIpc) is 2.46. The van der Waals surface area contributed by atoms with Gasteiger partial charge in [-0.25, -0.2) is 9.97 Å². The van der Waals surface area contributed by atoms with Gasteiger partial charge < -0.3 is 5.32 Å². The van der Waals surface area contributed by atoms with Crippen molar-refractivity contribution in [2.75, 3.05) is 6.54 Å². The maximum atomic E-state index is 4.11. The number of unbranched alkanes of at least 4 members (excludes halogenated alkanes) is 6. The van der Waals surface area contributed by atoms with Crippen molar-refractivity contribution in [3.8, 4) is 0 Å². The molecule has 0 saturated carbocycles. The lowest BCUT2D eigenvalue weighted by Gasteiger charge is -2.17. The first-order chi connectivity index (χ1) is 9.38. The molecule has 108 valence electrons. The molecule has 1 aromatic rings. The highest BCUT2D eigenvalue weighted by atomic mass is 14.9. The predicted molar refractivity (Wildman–Crippen MR) is 81.1 cm³/mol. The van der Waals surface area contributed by atoms with Gasteiger partial charge in [0.25, 0.3) is 0 Å². The molecular formula is C16H29N3. The molecule has 1 heterocycles. The molecule has 0 radical (unpaired) electrons. The Morgan fingerprint density at radius 3 is 2.21 bits per heavy atom. The fourth-order valence-corrected chi connectivity index (χ4v) is 2.43. The minimum Gasteiger partial charge on any atom is -0.310 e. The van der Waals surface area contributed by atoms with E-state index in [1.807, 2.05) is 12.4 Å². The van der Waals surface area contributed by atoms with Gasteiger partial charge in [0.15, 0.2) is 0 Å². The van der Waals surface area contributed by atoms with Gasteiger partial charge in [-0.2, -0.15) is 0 Å². The predicted octanol–water partition coefficient (Wildman–Crippen LogP) is 4.27. The van der Waals surface area contributed by atoms with Crippen LogP contribution in [0.15, 0.2) is 18.7 Å². The molecule has 0 saturated heterocycles. The molecule has 1 N–H and O–H groups in total. The number of hydrogen-bond acceptors (Lipinski definition) is 3. The summed E-state index contributed by atoms with van der Waals surface area (Å²) in [7, 11) is 0. The summed E-state index contributed by atoms with van der Waals surface area (Å²) in [4.78, 5) is 8.23. The van der Waals surface area contributed by atoms with Crippen LogP contribution in [0.5, 0.6) is 0 Å². The first-order valence-corrected chi connectivity index (χ1v) is 7.86. The molecule has 3 heteroatoms. The van der Waals surface area contributed by atoms with Gasteiger partial charge in [0.05, 0.1) is 0 Å². The van der Waals surface area contributed by atoms with Gasteiger partial charge in [-0.3, -0.25) is 0 Å². The summed E-state index contributed by atoms with van der Waals surface area (Å²) in [5.74, 6) is 0. The summed E-state index contributed by atoms with van der Waals surface area (Å²) in [6.45, 7) is 5.42. The first-order valence-electron chi connectivity index (χ1n) is 7.86. The molecular weight excluding hydrogens is 234 g/mol. The van der Waals surface area contributed by atoms with Gasteiger partial charge in [0.2, 0.25) is 0 Å². The second-order valence-corrected chi connectivity index (χ2v) is 5.19. The first kappa shape index (κ1) is 16.1. The van der Waals surface area contributed by atoms with Gasteiger partial charge in [-0.1, -0.05) is 58.8 Å². The zero-order valence-electron chi connectivity index (χ0n) is 12.6. The van der Waals surface area contributed by atoms with Crippen LogP contribution in [0.2, 0.25) is 0 Å². The molecule has 0 amide bonds. The third kappa shape index (κ3) is 7.26. The minimum atomic E-state index is 0.418. The lowest BCUT2D eigenvalue weighted by molar-refractivity contribution is 0.473. The van der Waals surface area contributed by atoms with E-state index in [4.69, 9.17) is 0 Å². The topological polar surface area (TPSA) is 37.8 Å². The highest BCUT2D eigenvalue weighted by molar-refractivity contribution is 5.08. The third-order valence-electron chi connectivity index (χ3n) is 3.53. The van der Waals surface area contributed by atoms with Crippen molar-refractivity contribution in [3.05, 3.63) is 24.3 Å². The zero-order chi connectivity index (χ0) is 13.8. The Labute approximate surface area is 118 Å². The molecule has 1 rings (SSSR count). The summed E-state index contributed by atoms with van der Waals surface area (Å²) in [6.07, 6.45) is 16.2. The quantitative estimate of drug-likeness (QED) is 0.606. The Kier molecular flexibility index (Phi) is 9.25. The van der Waals surface area contributed by atoms with Crippen LogP contribution in [-0.4, -0.2) is 16.5 Å². The van der Waals surface area contributed by atoms with Crippen molar-refractivity contribution in [1.29, 1.82) is 0 Å². The smallest absolute Gasteiger partial charge is 0.115 e. The monoisotopic (exact) mass is 263 g/mol. The Balaban J connectivity index is 2.20. The van der Waals surface area contributed by atoms with E-state index >= 15 is 0 Å². The van der Waals surface area contributed by atoms with Gasteiger partial charge in [-0.05, 0) is 13.0 Å². The summed E-state index contributed by atoms with van der Waals surface area (Å²) in [6, 6.07) is 0.418. The molecule has 0 aromatic carbocycles. The fourth-order valence-electron chi connectivity index (χ4n) is 2.43. The van der Waals surface area contributed by atoms with Gasteiger partial charge in [-0.15, -0.1) is 0 Å². The van der Waals surface area contributed by atoms with Crippen LogP contribution >= 0.6 is 0 Å². The molecule has 19 heavy (non-hydrogen) atoms. The number of nitrogens with zero attached hydrogens (tertiary/aromatic N) is 2. The standard InChI is InChI=1S/C16H29N3/c1-3-5-6-7-8-9-10-11-16(19-4-2)15-12-17-14-18-13-15/h12-14,16,19H,3-11H2,1-2H3. The number of aromatic nitrogens is 2. The van der Waals surface area contributed by atoms with Crippen LogP contribution in [0.3, 0.4) is 0 Å². The lowest BCUT2D eigenvalue weighted by Crippen LogP contribution is -2.21. The van der Waals surface area contributed by atoms with Crippen molar-refractivity contribution >= 4 is 0 Å². The average molecular weight is 263 g/mol. The molecule has 0 fully saturated rings. The van der Waals surface area contributed by atoms with Crippen LogP contribution in [-0.2, 0) is 0 Å². The summed E-state index contributed by atoms with van der Waals surface area (Å²) in [5, 5.41) is 3.53. The summed E-state index contributed by atoms with van der Waals surface area (Å²) < 4.78 is 0.